The molecule has 5 nitrogen and oxygen atoms in total. The van der Waals surface area contributed by atoms with Gasteiger partial charge in [-0.05, 0) is 25.5 Å². The first-order chi connectivity index (χ1) is 7.54. The number of aryl methyl sites for hydroxylation is 1. The van der Waals surface area contributed by atoms with Crippen LogP contribution >= 0.6 is 0 Å². The molecule has 0 radical (unpaired) electrons. The van der Waals surface area contributed by atoms with Gasteiger partial charge >= 0.3 is 5.97 Å². The van der Waals surface area contributed by atoms with Gasteiger partial charge in [0.1, 0.15) is 11.8 Å². The number of hydrogen-bond acceptors (Lipinski definition) is 3. The Morgan fingerprint density at radius 2 is 2.19 bits per heavy atom. The third kappa shape index (κ3) is 3.12. The molecule has 1 heterocycles. The van der Waals surface area contributed by atoms with E-state index in [2.05, 4.69) is 5.32 Å². The number of carbonyl (C=O) groups is 2. The van der Waals surface area contributed by atoms with Gasteiger partial charge in [0.2, 0.25) is 0 Å². The highest BCUT2D eigenvalue weighted by atomic mass is 16.4. The molecule has 0 saturated carbocycles. The van der Waals surface area contributed by atoms with Crippen LogP contribution < -0.4 is 5.32 Å². The van der Waals surface area contributed by atoms with Crippen molar-refractivity contribution in [1.82, 2.24) is 5.32 Å². The standard InChI is InChI=1S/C11H15NO4/c1-3-4-8(11(14)15)12-10(13)9-6-5-7(2)16-9/h5-6,8H,3-4H2,1-2H3,(H,12,13)(H,14,15). The monoisotopic (exact) mass is 225 g/mol. The number of carbonyl (C=O) groups excluding carboxylic acids is 1. The predicted octanol–water partition coefficient (Wildman–Crippen LogP) is 1.57. The van der Waals surface area contributed by atoms with Crippen LogP contribution in [0, 0.1) is 6.92 Å². The van der Waals surface area contributed by atoms with Crippen molar-refractivity contribution in [2.45, 2.75) is 32.7 Å². The van der Waals surface area contributed by atoms with Gasteiger partial charge in [-0.3, -0.25) is 4.79 Å². The van der Waals surface area contributed by atoms with Gasteiger partial charge in [0.25, 0.3) is 5.91 Å². The van der Waals surface area contributed by atoms with Gasteiger partial charge in [-0.2, -0.15) is 0 Å². The Morgan fingerprint density at radius 1 is 1.50 bits per heavy atom. The van der Waals surface area contributed by atoms with Crippen molar-refractivity contribution in [3.8, 4) is 0 Å². The molecule has 2 N–H and O–H groups in total. The molecule has 16 heavy (non-hydrogen) atoms. The molecule has 0 fully saturated rings. The zero-order chi connectivity index (χ0) is 12.1. The molecule has 1 aromatic rings. The number of furan rings is 1. The normalized spacial score (nSPS) is 12.1. The van der Waals surface area contributed by atoms with Gasteiger partial charge in [0.05, 0.1) is 0 Å². The molecule has 1 aromatic heterocycles. The van der Waals surface area contributed by atoms with E-state index in [0.717, 1.165) is 0 Å². The fourth-order valence-corrected chi connectivity index (χ4v) is 1.33. The van der Waals surface area contributed by atoms with E-state index in [1.165, 1.54) is 6.07 Å². The van der Waals surface area contributed by atoms with Crippen molar-refractivity contribution in [3.63, 3.8) is 0 Å². The quantitative estimate of drug-likeness (QED) is 0.797. The summed E-state index contributed by atoms with van der Waals surface area (Å²) in [6.45, 7) is 3.58. The minimum absolute atomic E-state index is 0.139. The van der Waals surface area contributed by atoms with Crippen LogP contribution in [-0.4, -0.2) is 23.0 Å². The van der Waals surface area contributed by atoms with E-state index in [0.29, 0.717) is 18.6 Å². The lowest BCUT2D eigenvalue weighted by atomic mass is 10.1. The summed E-state index contributed by atoms with van der Waals surface area (Å²) in [7, 11) is 0. The summed E-state index contributed by atoms with van der Waals surface area (Å²) in [4.78, 5) is 22.4. The van der Waals surface area contributed by atoms with Crippen LogP contribution in [0.5, 0.6) is 0 Å². The molecule has 0 bridgehead atoms. The summed E-state index contributed by atoms with van der Waals surface area (Å²) >= 11 is 0. The molecule has 1 atom stereocenters. The van der Waals surface area contributed by atoms with E-state index < -0.39 is 17.9 Å². The summed E-state index contributed by atoms with van der Waals surface area (Å²) in [6.07, 6.45) is 1.09. The third-order valence-corrected chi connectivity index (χ3v) is 2.14. The first-order valence-electron chi connectivity index (χ1n) is 5.14. The maximum absolute atomic E-state index is 11.6. The van der Waals surface area contributed by atoms with Crippen molar-refractivity contribution in [3.05, 3.63) is 23.7 Å². The molecule has 0 aliphatic heterocycles. The highest BCUT2D eigenvalue weighted by Gasteiger charge is 2.20. The molecule has 1 amide bonds. The number of hydrogen-bond donors (Lipinski definition) is 2. The van der Waals surface area contributed by atoms with Gasteiger partial charge in [-0.15, -0.1) is 0 Å². The van der Waals surface area contributed by atoms with Crippen molar-refractivity contribution < 1.29 is 19.1 Å². The summed E-state index contributed by atoms with van der Waals surface area (Å²) in [5.74, 6) is -0.764. The van der Waals surface area contributed by atoms with Gasteiger partial charge in [0.15, 0.2) is 5.76 Å². The second-order valence-electron chi connectivity index (χ2n) is 3.56. The van der Waals surface area contributed by atoms with Crippen molar-refractivity contribution in [2.75, 3.05) is 0 Å². The maximum atomic E-state index is 11.6. The van der Waals surface area contributed by atoms with Crippen molar-refractivity contribution >= 4 is 11.9 Å². The SMILES string of the molecule is CCCC(NC(=O)c1ccc(C)o1)C(=O)O. The molecule has 0 aromatic carbocycles. The zero-order valence-electron chi connectivity index (χ0n) is 9.32. The number of rotatable bonds is 5. The van der Waals surface area contributed by atoms with Crippen LogP contribution in [0.1, 0.15) is 36.1 Å². The Bertz CT molecular complexity index is 383. The second kappa shape index (κ2) is 5.34. The van der Waals surface area contributed by atoms with Crippen LogP contribution in [0.4, 0.5) is 0 Å². The van der Waals surface area contributed by atoms with Gasteiger partial charge in [-0.25, -0.2) is 4.79 Å². The zero-order valence-corrected chi connectivity index (χ0v) is 9.32. The third-order valence-electron chi connectivity index (χ3n) is 2.14. The topological polar surface area (TPSA) is 79.5 Å². The number of carboxylic acid groups (broad SMARTS) is 1. The van der Waals surface area contributed by atoms with Crippen molar-refractivity contribution in [2.24, 2.45) is 0 Å². The number of amides is 1. The van der Waals surface area contributed by atoms with Crippen molar-refractivity contribution in [1.29, 1.82) is 0 Å². The molecule has 0 spiro atoms. The van der Waals surface area contributed by atoms with E-state index in [1.54, 1.807) is 13.0 Å². The van der Waals surface area contributed by atoms with E-state index in [4.69, 9.17) is 9.52 Å². The largest absolute Gasteiger partial charge is 0.480 e. The average Bonchev–Trinajstić information content (AvgIpc) is 2.64. The Labute approximate surface area is 93.4 Å². The Balaban J connectivity index is 2.65. The van der Waals surface area contributed by atoms with Gasteiger partial charge in [-0.1, -0.05) is 13.3 Å². The molecular weight excluding hydrogens is 210 g/mol. The summed E-state index contributed by atoms with van der Waals surface area (Å²) in [6, 6.07) is 2.32. The molecule has 1 rings (SSSR count). The van der Waals surface area contributed by atoms with Crippen LogP contribution in [0.15, 0.2) is 16.5 Å². The smallest absolute Gasteiger partial charge is 0.326 e. The predicted molar refractivity (Wildman–Crippen MR) is 57.2 cm³/mol. The van der Waals surface area contributed by atoms with Gasteiger partial charge < -0.3 is 14.8 Å². The molecule has 0 saturated heterocycles. The van der Waals surface area contributed by atoms with E-state index in [-0.39, 0.29) is 5.76 Å². The minimum atomic E-state index is -1.03. The highest BCUT2D eigenvalue weighted by Crippen LogP contribution is 2.07. The molecule has 0 aliphatic rings. The molecular formula is C11H15NO4. The van der Waals surface area contributed by atoms with Crippen LogP contribution in [0.2, 0.25) is 0 Å². The fourth-order valence-electron chi connectivity index (χ4n) is 1.33. The van der Waals surface area contributed by atoms with E-state index in [9.17, 15) is 9.59 Å². The molecule has 0 aliphatic carbocycles. The number of nitrogens with one attached hydrogen (secondary N) is 1. The second-order valence-corrected chi connectivity index (χ2v) is 3.56. The molecule has 5 heteroatoms. The van der Waals surface area contributed by atoms with Crippen LogP contribution in [0.3, 0.4) is 0 Å². The first kappa shape index (κ1) is 12.3. The first-order valence-corrected chi connectivity index (χ1v) is 5.14. The Hall–Kier alpha value is -1.78. The number of carboxylic acids is 1. The lowest BCUT2D eigenvalue weighted by Crippen LogP contribution is -2.40. The number of aliphatic carboxylic acids is 1. The van der Waals surface area contributed by atoms with Crippen LogP contribution in [-0.2, 0) is 4.79 Å². The fraction of sp³-hybridized carbons (Fsp3) is 0.455. The molecule has 1 unspecified atom stereocenters. The summed E-state index contributed by atoms with van der Waals surface area (Å²) in [5.41, 5.74) is 0. The summed E-state index contributed by atoms with van der Waals surface area (Å²) < 4.78 is 5.10. The van der Waals surface area contributed by atoms with E-state index in [1.807, 2.05) is 6.92 Å². The lowest BCUT2D eigenvalue weighted by Gasteiger charge is -2.11. The summed E-state index contributed by atoms with van der Waals surface area (Å²) in [5, 5.41) is 11.3. The van der Waals surface area contributed by atoms with Crippen LogP contribution in [0.25, 0.3) is 0 Å². The van der Waals surface area contributed by atoms with E-state index >= 15 is 0 Å². The maximum Gasteiger partial charge on any atom is 0.326 e. The minimum Gasteiger partial charge on any atom is -0.480 e. The van der Waals surface area contributed by atoms with Gasteiger partial charge in [0, 0.05) is 0 Å². The lowest BCUT2D eigenvalue weighted by molar-refractivity contribution is -0.139. The molecule has 88 valence electrons. The Morgan fingerprint density at radius 3 is 2.62 bits per heavy atom. The Kier molecular flexibility index (Phi) is 4.10. The average molecular weight is 225 g/mol. The highest BCUT2D eigenvalue weighted by molar-refractivity contribution is 5.94.